The number of aliphatic hydroxyl groups excluding tert-OH is 1. The van der Waals surface area contributed by atoms with Crippen LogP contribution in [0.25, 0.3) is 0 Å². The van der Waals surface area contributed by atoms with Crippen molar-refractivity contribution in [1.29, 1.82) is 0 Å². The van der Waals surface area contributed by atoms with E-state index in [1.807, 2.05) is 0 Å². The average molecular weight is 242 g/mol. The summed E-state index contributed by atoms with van der Waals surface area (Å²) < 4.78 is 4.89. The van der Waals surface area contributed by atoms with Gasteiger partial charge >= 0.3 is 5.97 Å². The molecule has 1 rings (SSSR count). The van der Waals surface area contributed by atoms with Crippen molar-refractivity contribution in [2.45, 2.75) is 39.5 Å². The molecule has 17 heavy (non-hydrogen) atoms. The fourth-order valence-corrected chi connectivity index (χ4v) is 2.76. The summed E-state index contributed by atoms with van der Waals surface area (Å²) in [4.78, 5) is 23.3. The monoisotopic (exact) mass is 242 g/mol. The number of rotatable bonds is 6. The fourth-order valence-electron chi connectivity index (χ4n) is 2.76. The maximum atomic E-state index is 11.8. The normalized spacial score (nSPS) is 28.4. The molecule has 0 unspecified atom stereocenters. The van der Waals surface area contributed by atoms with Crippen LogP contribution in [0, 0.1) is 17.8 Å². The Morgan fingerprint density at radius 1 is 1.47 bits per heavy atom. The first-order chi connectivity index (χ1) is 8.13. The predicted octanol–water partition coefficient (Wildman–Crippen LogP) is 1.55. The van der Waals surface area contributed by atoms with Crippen LogP contribution < -0.4 is 0 Å². The molecule has 0 saturated heterocycles. The predicted molar refractivity (Wildman–Crippen MR) is 63.3 cm³/mol. The van der Waals surface area contributed by atoms with Crippen LogP contribution in [0.1, 0.15) is 39.5 Å². The number of ketones is 1. The van der Waals surface area contributed by atoms with Crippen LogP contribution in [-0.2, 0) is 14.3 Å². The van der Waals surface area contributed by atoms with Gasteiger partial charge in [-0.1, -0.05) is 13.3 Å². The van der Waals surface area contributed by atoms with E-state index in [1.165, 1.54) is 0 Å². The van der Waals surface area contributed by atoms with Crippen LogP contribution in [0.4, 0.5) is 0 Å². The Balaban J connectivity index is 2.66. The molecule has 1 aliphatic rings. The third-order valence-corrected chi connectivity index (χ3v) is 3.55. The van der Waals surface area contributed by atoms with Crippen molar-refractivity contribution in [1.82, 2.24) is 0 Å². The van der Waals surface area contributed by atoms with E-state index in [0.717, 1.165) is 12.8 Å². The zero-order chi connectivity index (χ0) is 12.8. The first kappa shape index (κ1) is 14.2. The van der Waals surface area contributed by atoms with Crippen LogP contribution in [-0.4, -0.2) is 30.1 Å². The van der Waals surface area contributed by atoms with Crippen molar-refractivity contribution in [3.8, 4) is 0 Å². The molecule has 0 radical (unpaired) electrons. The van der Waals surface area contributed by atoms with Gasteiger partial charge in [-0.05, 0) is 25.2 Å². The van der Waals surface area contributed by atoms with Gasteiger partial charge in [0.25, 0.3) is 0 Å². The van der Waals surface area contributed by atoms with E-state index >= 15 is 0 Å². The Morgan fingerprint density at radius 2 is 2.18 bits per heavy atom. The molecule has 0 aromatic heterocycles. The highest BCUT2D eigenvalue weighted by atomic mass is 16.5. The lowest BCUT2D eigenvalue weighted by atomic mass is 9.84. The lowest BCUT2D eigenvalue weighted by Crippen LogP contribution is -2.23. The second-order valence-corrected chi connectivity index (χ2v) is 4.68. The minimum atomic E-state index is -0.300. The molecule has 0 spiro atoms. The second-order valence-electron chi connectivity index (χ2n) is 4.68. The average Bonchev–Trinajstić information content (AvgIpc) is 2.58. The summed E-state index contributed by atoms with van der Waals surface area (Å²) in [5.74, 6) is -0.268. The number of ether oxygens (including phenoxy) is 1. The zero-order valence-electron chi connectivity index (χ0n) is 10.6. The number of aliphatic hydroxyl groups is 1. The SMILES string of the molecule is CCC[C@@H]1[C@H](CO)CC(=O)[C@@H]1CC(=O)OCC. The van der Waals surface area contributed by atoms with E-state index in [0.29, 0.717) is 13.0 Å². The summed E-state index contributed by atoms with van der Waals surface area (Å²) in [6.07, 6.45) is 2.44. The molecule has 4 heteroatoms. The molecule has 1 N–H and O–H groups in total. The number of esters is 1. The highest BCUT2D eigenvalue weighted by molar-refractivity contribution is 5.87. The molecule has 0 amide bonds. The number of hydrogen-bond acceptors (Lipinski definition) is 4. The lowest BCUT2D eigenvalue weighted by Gasteiger charge is -2.21. The highest BCUT2D eigenvalue weighted by Crippen LogP contribution is 2.39. The van der Waals surface area contributed by atoms with Gasteiger partial charge in [0.1, 0.15) is 5.78 Å². The van der Waals surface area contributed by atoms with Crippen molar-refractivity contribution < 1.29 is 19.4 Å². The first-order valence-electron chi connectivity index (χ1n) is 6.43. The van der Waals surface area contributed by atoms with Gasteiger partial charge in [-0.3, -0.25) is 9.59 Å². The summed E-state index contributed by atoms with van der Waals surface area (Å²) >= 11 is 0. The van der Waals surface area contributed by atoms with Crippen molar-refractivity contribution in [2.24, 2.45) is 17.8 Å². The Labute approximate surface area is 102 Å². The minimum Gasteiger partial charge on any atom is -0.466 e. The molecular weight excluding hydrogens is 220 g/mol. The maximum absolute atomic E-state index is 11.8. The smallest absolute Gasteiger partial charge is 0.306 e. The van der Waals surface area contributed by atoms with Crippen molar-refractivity contribution >= 4 is 11.8 Å². The van der Waals surface area contributed by atoms with Crippen LogP contribution in [0.3, 0.4) is 0 Å². The molecule has 4 nitrogen and oxygen atoms in total. The van der Waals surface area contributed by atoms with E-state index in [4.69, 9.17) is 4.74 Å². The number of carbonyl (C=O) groups is 2. The van der Waals surface area contributed by atoms with Gasteiger partial charge in [0, 0.05) is 18.9 Å². The summed E-state index contributed by atoms with van der Waals surface area (Å²) in [6.45, 7) is 4.20. The van der Waals surface area contributed by atoms with Crippen LogP contribution >= 0.6 is 0 Å². The largest absolute Gasteiger partial charge is 0.466 e. The van der Waals surface area contributed by atoms with E-state index in [2.05, 4.69) is 6.92 Å². The van der Waals surface area contributed by atoms with Crippen LogP contribution in [0.5, 0.6) is 0 Å². The number of carbonyl (C=O) groups excluding carboxylic acids is 2. The Hall–Kier alpha value is -0.900. The molecule has 1 aliphatic carbocycles. The summed E-state index contributed by atoms with van der Waals surface area (Å²) in [5.41, 5.74) is 0. The van der Waals surface area contributed by atoms with Gasteiger partial charge in [-0.2, -0.15) is 0 Å². The molecule has 0 aromatic carbocycles. The lowest BCUT2D eigenvalue weighted by molar-refractivity contribution is -0.146. The van der Waals surface area contributed by atoms with E-state index < -0.39 is 0 Å². The minimum absolute atomic E-state index is 0.0295. The fraction of sp³-hybridized carbons (Fsp3) is 0.846. The van der Waals surface area contributed by atoms with Crippen LogP contribution in [0.2, 0.25) is 0 Å². The first-order valence-corrected chi connectivity index (χ1v) is 6.43. The van der Waals surface area contributed by atoms with E-state index in [1.54, 1.807) is 6.92 Å². The third kappa shape index (κ3) is 3.53. The van der Waals surface area contributed by atoms with Crippen LogP contribution in [0.15, 0.2) is 0 Å². The Morgan fingerprint density at radius 3 is 2.71 bits per heavy atom. The topological polar surface area (TPSA) is 63.6 Å². The highest BCUT2D eigenvalue weighted by Gasteiger charge is 2.42. The molecule has 98 valence electrons. The maximum Gasteiger partial charge on any atom is 0.306 e. The molecule has 0 aliphatic heterocycles. The van der Waals surface area contributed by atoms with E-state index in [9.17, 15) is 14.7 Å². The second kappa shape index (κ2) is 6.74. The molecule has 0 bridgehead atoms. The van der Waals surface area contributed by atoms with Crippen molar-refractivity contribution in [3.05, 3.63) is 0 Å². The molecule has 0 aromatic rings. The van der Waals surface area contributed by atoms with Gasteiger partial charge in [-0.25, -0.2) is 0 Å². The Kier molecular flexibility index (Phi) is 5.62. The van der Waals surface area contributed by atoms with Crippen molar-refractivity contribution in [2.75, 3.05) is 13.2 Å². The molecular formula is C13H22O4. The third-order valence-electron chi connectivity index (χ3n) is 3.55. The molecule has 0 heterocycles. The zero-order valence-corrected chi connectivity index (χ0v) is 10.6. The van der Waals surface area contributed by atoms with E-state index in [-0.39, 0.29) is 42.5 Å². The summed E-state index contributed by atoms with van der Waals surface area (Å²) in [6, 6.07) is 0. The van der Waals surface area contributed by atoms with Gasteiger partial charge in [-0.15, -0.1) is 0 Å². The number of Topliss-reactive ketones (excluding diaryl/α,β-unsaturated/α-hetero) is 1. The van der Waals surface area contributed by atoms with Crippen molar-refractivity contribution in [3.63, 3.8) is 0 Å². The molecule has 1 saturated carbocycles. The van der Waals surface area contributed by atoms with Gasteiger partial charge < -0.3 is 9.84 Å². The van der Waals surface area contributed by atoms with Gasteiger partial charge in [0.2, 0.25) is 0 Å². The summed E-state index contributed by atoms with van der Waals surface area (Å²) in [5, 5.41) is 9.27. The van der Waals surface area contributed by atoms with Gasteiger partial charge in [0.15, 0.2) is 0 Å². The quantitative estimate of drug-likeness (QED) is 0.718. The van der Waals surface area contributed by atoms with Gasteiger partial charge in [0.05, 0.1) is 13.0 Å². The number of hydrogen-bond donors (Lipinski definition) is 1. The Bertz CT molecular complexity index is 275. The molecule has 1 fully saturated rings. The standard InChI is InChI=1S/C13H22O4/c1-3-5-10-9(8-14)6-12(15)11(10)7-13(16)17-4-2/h9-11,14H,3-8H2,1-2H3/t9-,10+,11+/m0/s1. The molecule has 3 atom stereocenters. The summed E-state index contributed by atoms with van der Waals surface area (Å²) in [7, 11) is 0.